The first-order chi connectivity index (χ1) is 14.9. The Balaban J connectivity index is 1.60. The van der Waals surface area contributed by atoms with Crippen LogP contribution in [0.1, 0.15) is 11.1 Å². The summed E-state index contributed by atoms with van der Waals surface area (Å²) in [6.45, 7) is 0.817. The number of sulfonamides is 1. The molecule has 2 aliphatic heterocycles. The molecule has 0 aliphatic carbocycles. The molecule has 4 rings (SSSR count). The minimum absolute atomic E-state index is 0.000122. The quantitative estimate of drug-likeness (QED) is 0.482. The minimum Gasteiger partial charge on any atom is -0.482 e. The van der Waals surface area contributed by atoms with Gasteiger partial charge in [0.1, 0.15) is 18.2 Å². The summed E-state index contributed by atoms with van der Waals surface area (Å²) >= 11 is 0. The summed E-state index contributed by atoms with van der Waals surface area (Å²) in [6.07, 6.45) is 0. The van der Waals surface area contributed by atoms with E-state index in [1.54, 1.807) is 0 Å². The molecule has 2 heterocycles. The Morgan fingerprint density at radius 2 is 1.94 bits per heavy atom. The van der Waals surface area contributed by atoms with E-state index in [0.29, 0.717) is 16.9 Å². The van der Waals surface area contributed by atoms with Crippen LogP contribution in [-0.2, 0) is 32.7 Å². The summed E-state index contributed by atoms with van der Waals surface area (Å²) in [5.74, 6) is -0.259. The summed E-state index contributed by atoms with van der Waals surface area (Å²) < 4.78 is 61.9. The maximum absolute atomic E-state index is 13.9. The zero-order valence-corrected chi connectivity index (χ0v) is 17.1. The van der Waals surface area contributed by atoms with E-state index in [2.05, 4.69) is 0 Å². The minimum atomic E-state index is -3.91. The molecule has 1 saturated heterocycles. The average molecular weight is 454 g/mol. The van der Waals surface area contributed by atoms with Crippen molar-refractivity contribution in [2.24, 2.45) is 0 Å². The lowest BCUT2D eigenvalue weighted by Gasteiger charge is -2.26. The lowest BCUT2D eigenvalue weighted by atomic mass is 10.1. The first-order valence-electron chi connectivity index (χ1n) is 9.37. The van der Waals surface area contributed by atoms with E-state index >= 15 is 0 Å². The summed E-state index contributed by atoms with van der Waals surface area (Å²) in [5.41, 5.74) is 0.354. The number of benzene rings is 2. The van der Waals surface area contributed by atoms with Crippen LogP contribution in [0.5, 0.6) is 11.5 Å². The third-order valence-corrected chi connectivity index (χ3v) is 6.76. The molecule has 12 heteroatoms. The van der Waals surface area contributed by atoms with Gasteiger partial charge in [0.15, 0.2) is 12.5 Å². The maximum atomic E-state index is 13.9. The summed E-state index contributed by atoms with van der Waals surface area (Å²) in [4.78, 5) is 10.6. The highest BCUT2D eigenvalue weighted by molar-refractivity contribution is 7.89. The smallest absolute Gasteiger partial charge is 0.312 e. The molecule has 0 unspecified atom stereocenters. The average Bonchev–Trinajstić information content (AvgIpc) is 2.77. The number of fused-ring (bicyclic) bond motifs is 1. The maximum Gasteiger partial charge on any atom is 0.312 e. The van der Waals surface area contributed by atoms with Gasteiger partial charge in [-0.1, -0.05) is 0 Å². The number of hydrogen-bond donors (Lipinski definition) is 0. The van der Waals surface area contributed by atoms with E-state index in [1.807, 2.05) is 0 Å². The van der Waals surface area contributed by atoms with Crippen molar-refractivity contribution < 1.29 is 36.7 Å². The van der Waals surface area contributed by atoms with E-state index in [1.165, 1.54) is 28.6 Å². The number of rotatable bonds is 6. The SMILES string of the molecule is O=[N+]([O-])c1cc(S(=O)(=O)N2CCOCC2)ccc1OCc1cc(F)cc2c1OCOC2. The first kappa shape index (κ1) is 21.4. The Morgan fingerprint density at radius 1 is 1.16 bits per heavy atom. The Morgan fingerprint density at radius 3 is 2.68 bits per heavy atom. The number of nitro groups is 1. The van der Waals surface area contributed by atoms with Gasteiger partial charge in [0.2, 0.25) is 10.0 Å². The fraction of sp³-hybridized carbons (Fsp3) is 0.368. The molecule has 0 spiro atoms. The van der Waals surface area contributed by atoms with Crippen LogP contribution in [-0.4, -0.2) is 50.7 Å². The molecule has 0 bridgehead atoms. The number of halogens is 1. The van der Waals surface area contributed by atoms with Crippen molar-refractivity contribution >= 4 is 15.7 Å². The molecule has 31 heavy (non-hydrogen) atoms. The zero-order chi connectivity index (χ0) is 22.0. The third kappa shape index (κ3) is 4.46. The van der Waals surface area contributed by atoms with Crippen molar-refractivity contribution in [1.82, 2.24) is 4.31 Å². The molecule has 2 aliphatic rings. The highest BCUT2D eigenvalue weighted by Gasteiger charge is 2.29. The number of ether oxygens (including phenoxy) is 4. The summed E-state index contributed by atoms with van der Waals surface area (Å²) in [6, 6.07) is 5.93. The van der Waals surface area contributed by atoms with Crippen LogP contribution in [0.25, 0.3) is 0 Å². The second-order valence-electron chi connectivity index (χ2n) is 6.86. The molecule has 0 N–H and O–H groups in total. The van der Waals surface area contributed by atoms with Gasteiger partial charge in [-0.3, -0.25) is 10.1 Å². The van der Waals surface area contributed by atoms with E-state index in [4.69, 9.17) is 18.9 Å². The van der Waals surface area contributed by atoms with Crippen LogP contribution in [0, 0.1) is 15.9 Å². The van der Waals surface area contributed by atoms with Gasteiger partial charge >= 0.3 is 5.69 Å². The van der Waals surface area contributed by atoms with Gasteiger partial charge in [-0.2, -0.15) is 4.31 Å². The number of morpholine rings is 1. The molecular weight excluding hydrogens is 435 g/mol. The lowest BCUT2D eigenvalue weighted by Crippen LogP contribution is -2.40. The second kappa shape index (κ2) is 8.75. The number of nitrogens with zero attached hydrogens (tertiary/aromatic N) is 2. The largest absolute Gasteiger partial charge is 0.482 e. The van der Waals surface area contributed by atoms with Crippen LogP contribution in [0.4, 0.5) is 10.1 Å². The zero-order valence-electron chi connectivity index (χ0n) is 16.3. The molecule has 1 fully saturated rings. The number of hydrogen-bond acceptors (Lipinski definition) is 8. The molecule has 0 saturated carbocycles. The van der Waals surface area contributed by atoms with Crippen LogP contribution in [0.2, 0.25) is 0 Å². The van der Waals surface area contributed by atoms with Gasteiger partial charge in [-0.15, -0.1) is 0 Å². The summed E-state index contributed by atoms with van der Waals surface area (Å²) in [7, 11) is -3.91. The molecule has 10 nitrogen and oxygen atoms in total. The van der Waals surface area contributed by atoms with Crippen LogP contribution >= 0.6 is 0 Å². The van der Waals surface area contributed by atoms with Crippen molar-refractivity contribution in [2.75, 3.05) is 33.1 Å². The normalized spacial score (nSPS) is 16.9. The number of nitro benzene ring substituents is 1. The molecule has 0 amide bonds. The van der Waals surface area contributed by atoms with Crippen LogP contribution < -0.4 is 9.47 Å². The van der Waals surface area contributed by atoms with E-state index < -0.39 is 26.5 Å². The van der Waals surface area contributed by atoms with Crippen molar-refractivity contribution in [3.63, 3.8) is 0 Å². The third-order valence-electron chi connectivity index (χ3n) is 4.87. The van der Waals surface area contributed by atoms with Crippen molar-refractivity contribution in [1.29, 1.82) is 0 Å². The molecule has 166 valence electrons. The molecule has 2 aromatic rings. The van der Waals surface area contributed by atoms with Crippen molar-refractivity contribution in [2.45, 2.75) is 18.1 Å². The van der Waals surface area contributed by atoms with Crippen LogP contribution in [0.15, 0.2) is 35.2 Å². The van der Waals surface area contributed by atoms with Gasteiger partial charge in [0, 0.05) is 30.3 Å². The monoisotopic (exact) mass is 454 g/mol. The molecule has 0 atom stereocenters. The lowest BCUT2D eigenvalue weighted by molar-refractivity contribution is -0.386. The molecule has 0 radical (unpaired) electrons. The van der Waals surface area contributed by atoms with Gasteiger partial charge in [0.25, 0.3) is 0 Å². The van der Waals surface area contributed by atoms with Gasteiger partial charge in [-0.25, -0.2) is 12.8 Å². The topological polar surface area (TPSA) is 117 Å². The standard InChI is InChI=1S/C19H19FN2O8S/c20-15-7-13-10-28-12-30-19(13)14(8-15)11-29-18-2-1-16(9-17(18)22(23)24)31(25,26)21-3-5-27-6-4-21/h1-2,7-9H,3-6,10-12H2. The predicted octanol–water partition coefficient (Wildman–Crippen LogP) is 2.20. The summed E-state index contributed by atoms with van der Waals surface area (Å²) in [5, 5.41) is 11.6. The van der Waals surface area contributed by atoms with E-state index in [0.717, 1.165) is 6.07 Å². The van der Waals surface area contributed by atoms with Crippen molar-refractivity contribution in [3.05, 3.63) is 57.4 Å². The van der Waals surface area contributed by atoms with Gasteiger partial charge in [-0.05, 0) is 24.3 Å². The Hall–Kier alpha value is -2.80. The Bertz CT molecular complexity index is 1100. The predicted molar refractivity (Wildman–Crippen MR) is 104 cm³/mol. The van der Waals surface area contributed by atoms with Crippen LogP contribution in [0.3, 0.4) is 0 Å². The molecular formula is C19H19FN2O8S. The van der Waals surface area contributed by atoms with Crippen molar-refractivity contribution in [3.8, 4) is 11.5 Å². The fourth-order valence-corrected chi connectivity index (χ4v) is 4.81. The van der Waals surface area contributed by atoms with E-state index in [-0.39, 0.29) is 57.0 Å². The van der Waals surface area contributed by atoms with E-state index in [9.17, 15) is 22.9 Å². The van der Waals surface area contributed by atoms with Gasteiger partial charge in [0.05, 0.1) is 29.6 Å². The Labute approximate surface area is 177 Å². The van der Waals surface area contributed by atoms with Gasteiger partial charge < -0.3 is 18.9 Å². The molecule has 2 aromatic carbocycles. The first-order valence-corrected chi connectivity index (χ1v) is 10.8. The second-order valence-corrected chi connectivity index (χ2v) is 8.79. The molecule has 0 aromatic heterocycles. The highest BCUT2D eigenvalue weighted by atomic mass is 32.2. The Kier molecular flexibility index (Phi) is 6.05. The fourth-order valence-electron chi connectivity index (χ4n) is 3.38. The highest BCUT2D eigenvalue weighted by Crippen LogP contribution is 2.34.